The lowest BCUT2D eigenvalue weighted by Gasteiger charge is -2.28. The van der Waals surface area contributed by atoms with Crippen LogP contribution in [-0.2, 0) is 16.1 Å². The first-order valence-corrected chi connectivity index (χ1v) is 11.9. The molecule has 1 aliphatic heterocycles. The van der Waals surface area contributed by atoms with Gasteiger partial charge in [-0.25, -0.2) is 0 Å². The molecule has 3 rings (SSSR count). The van der Waals surface area contributed by atoms with Crippen molar-refractivity contribution in [2.24, 2.45) is 5.92 Å². The molecule has 1 aromatic carbocycles. The molecule has 0 aliphatic carbocycles. The van der Waals surface area contributed by atoms with Gasteiger partial charge in [0.05, 0.1) is 18.5 Å². The molecule has 0 radical (unpaired) electrons. The van der Waals surface area contributed by atoms with Crippen molar-refractivity contribution >= 4 is 41.1 Å². The van der Waals surface area contributed by atoms with Crippen LogP contribution in [0.25, 0.3) is 0 Å². The molecule has 1 aromatic heterocycles. The van der Waals surface area contributed by atoms with Crippen LogP contribution >= 0.6 is 23.5 Å². The first kappa shape index (κ1) is 23.8. The van der Waals surface area contributed by atoms with Crippen molar-refractivity contribution in [2.45, 2.75) is 48.4 Å². The van der Waals surface area contributed by atoms with Gasteiger partial charge in [0.2, 0.25) is 11.9 Å². The van der Waals surface area contributed by atoms with Crippen LogP contribution in [0.15, 0.2) is 34.3 Å². The summed E-state index contributed by atoms with van der Waals surface area (Å²) in [4.78, 5) is 15.3. The third-order valence-electron chi connectivity index (χ3n) is 4.54. The predicted molar refractivity (Wildman–Crippen MR) is 120 cm³/mol. The van der Waals surface area contributed by atoms with E-state index in [2.05, 4.69) is 38.8 Å². The van der Waals surface area contributed by atoms with Gasteiger partial charge in [-0.1, -0.05) is 37.4 Å². The Balaban J connectivity index is 1.66. The van der Waals surface area contributed by atoms with Gasteiger partial charge in [-0.3, -0.25) is 9.36 Å². The number of aromatic nitrogens is 3. The van der Waals surface area contributed by atoms with Crippen LogP contribution in [0.5, 0.6) is 0 Å². The lowest BCUT2D eigenvalue weighted by molar-refractivity contribution is -0.115. The number of hydrogen-bond acceptors (Lipinski definition) is 7. The highest BCUT2D eigenvalue weighted by Gasteiger charge is 2.24. The summed E-state index contributed by atoms with van der Waals surface area (Å²) in [5.41, 5.74) is 0.564. The van der Waals surface area contributed by atoms with Gasteiger partial charge in [-0.15, -0.1) is 10.2 Å². The van der Waals surface area contributed by atoms with Crippen LogP contribution in [0.4, 0.5) is 20.4 Å². The summed E-state index contributed by atoms with van der Waals surface area (Å²) in [6, 6.07) is 6.38. The molecule has 11 heteroatoms. The Bertz CT molecular complexity index is 858. The van der Waals surface area contributed by atoms with Crippen molar-refractivity contribution in [3.05, 3.63) is 24.3 Å². The maximum atomic E-state index is 12.7. The summed E-state index contributed by atoms with van der Waals surface area (Å²) in [5, 5.41) is 11.9. The van der Waals surface area contributed by atoms with Gasteiger partial charge >= 0.3 is 0 Å². The molecule has 1 amide bonds. The number of carbonyl (C=O) groups is 1. The smallest absolute Gasteiger partial charge is 0.288 e. The molecule has 31 heavy (non-hydrogen) atoms. The van der Waals surface area contributed by atoms with Crippen molar-refractivity contribution in [1.82, 2.24) is 14.8 Å². The summed E-state index contributed by atoms with van der Waals surface area (Å²) in [6.07, 6.45) is 0. The molecule has 1 unspecified atom stereocenters. The number of benzene rings is 1. The zero-order valence-corrected chi connectivity index (χ0v) is 19.4. The summed E-state index contributed by atoms with van der Waals surface area (Å²) in [5.74, 6) is -1.46. The second kappa shape index (κ2) is 11.1. The molecule has 2 aromatic rings. The van der Waals surface area contributed by atoms with E-state index in [1.165, 1.54) is 11.8 Å². The quantitative estimate of drug-likeness (QED) is 0.550. The van der Waals surface area contributed by atoms with Gasteiger partial charge in [-0.05, 0) is 37.1 Å². The van der Waals surface area contributed by atoms with Crippen LogP contribution < -0.4 is 10.2 Å². The highest BCUT2D eigenvalue weighted by molar-refractivity contribution is 8.00. The Morgan fingerprint density at radius 1 is 1.13 bits per heavy atom. The van der Waals surface area contributed by atoms with Crippen LogP contribution in [0.3, 0.4) is 0 Å². The number of anilines is 2. The number of ether oxygens (including phenoxy) is 1. The van der Waals surface area contributed by atoms with Gasteiger partial charge < -0.3 is 15.0 Å². The van der Waals surface area contributed by atoms with E-state index in [0.29, 0.717) is 46.6 Å². The van der Waals surface area contributed by atoms with E-state index in [9.17, 15) is 13.6 Å². The van der Waals surface area contributed by atoms with Gasteiger partial charge in [0, 0.05) is 30.2 Å². The van der Waals surface area contributed by atoms with Crippen LogP contribution in [0.1, 0.15) is 20.8 Å². The fourth-order valence-electron chi connectivity index (χ4n) is 3.07. The molecule has 1 atom stereocenters. The third-order valence-corrected chi connectivity index (χ3v) is 6.34. The largest absolute Gasteiger partial charge is 0.378 e. The van der Waals surface area contributed by atoms with Crippen molar-refractivity contribution in [2.75, 3.05) is 36.5 Å². The summed E-state index contributed by atoms with van der Waals surface area (Å²) in [6.45, 7) is 9.65. The lowest BCUT2D eigenvalue weighted by atomic mass is 10.2. The zero-order valence-electron chi connectivity index (χ0n) is 17.8. The predicted octanol–water partition coefficient (Wildman–Crippen LogP) is 4.20. The van der Waals surface area contributed by atoms with Crippen molar-refractivity contribution < 1.29 is 18.3 Å². The number of nitrogens with one attached hydrogen (secondary N) is 1. The number of hydrogen-bond donors (Lipinski definition) is 1. The molecule has 1 aliphatic rings. The third kappa shape index (κ3) is 6.81. The second-order valence-electron chi connectivity index (χ2n) is 7.54. The van der Waals surface area contributed by atoms with E-state index in [-0.39, 0.29) is 5.91 Å². The standard InChI is InChI=1S/C20H27F2N5O2S2/c1-13(2)12-27-19(26-8-10-29-11-9-26)24-25-20(27)30-14(3)17(28)23-15-4-6-16(7-5-15)31-18(21)22/h4-7,13-14,18H,8-12H2,1-3H3,(H,23,28). The van der Waals surface area contributed by atoms with Gasteiger partial charge in [-0.2, -0.15) is 8.78 Å². The van der Waals surface area contributed by atoms with Gasteiger partial charge in [0.15, 0.2) is 5.16 Å². The minimum atomic E-state index is -2.47. The van der Waals surface area contributed by atoms with E-state index in [4.69, 9.17) is 4.74 Å². The number of thioether (sulfide) groups is 2. The number of halogens is 2. The normalized spacial score (nSPS) is 15.5. The Kier molecular flexibility index (Phi) is 8.56. The van der Waals surface area contributed by atoms with E-state index >= 15 is 0 Å². The van der Waals surface area contributed by atoms with E-state index in [1.54, 1.807) is 24.3 Å². The Morgan fingerprint density at radius 2 is 1.81 bits per heavy atom. The van der Waals surface area contributed by atoms with Crippen molar-refractivity contribution in [1.29, 1.82) is 0 Å². The SMILES string of the molecule is CC(C)Cn1c(SC(C)C(=O)Nc2ccc(SC(F)F)cc2)nnc1N1CCOCC1. The molecular formula is C20H27F2N5O2S2. The highest BCUT2D eigenvalue weighted by Crippen LogP contribution is 2.29. The van der Waals surface area contributed by atoms with Crippen molar-refractivity contribution in [3.8, 4) is 0 Å². The second-order valence-corrected chi connectivity index (χ2v) is 9.91. The molecule has 0 spiro atoms. The Labute approximate surface area is 189 Å². The summed E-state index contributed by atoms with van der Waals surface area (Å²) >= 11 is 1.83. The summed E-state index contributed by atoms with van der Waals surface area (Å²) < 4.78 is 32.4. The average Bonchev–Trinajstić information content (AvgIpc) is 3.11. The number of nitrogens with zero attached hydrogens (tertiary/aromatic N) is 4. The van der Waals surface area contributed by atoms with E-state index in [1.807, 2.05) is 6.92 Å². The maximum Gasteiger partial charge on any atom is 0.288 e. The lowest BCUT2D eigenvalue weighted by Crippen LogP contribution is -2.38. The molecule has 0 bridgehead atoms. The van der Waals surface area contributed by atoms with E-state index < -0.39 is 11.0 Å². The maximum absolute atomic E-state index is 12.7. The average molecular weight is 472 g/mol. The number of morpholine rings is 1. The van der Waals surface area contributed by atoms with Gasteiger partial charge in [0.25, 0.3) is 5.76 Å². The van der Waals surface area contributed by atoms with Gasteiger partial charge in [0.1, 0.15) is 0 Å². The van der Waals surface area contributed by atoms with E-state index in [0.717, 1.165) is 25.6 Å². The number of alkyl halides is 2. The molecule has 2 heterocycles. The molecule has 170 valence electrons. The fraction of sp³-hybridized carbons (Fsp3) is 0.550. The monoisotopic (exact) mass is 471 g/mol. The van der Waals surface area contributed by atoms with Crippen LogP contribution in [-0.4, -0.2) is 58.0 Å². The minimum Gasteiger partial charge on any atom is -0.378 e. The highest BCUT2D eigenvalue weighted by atomic mass is 32.2. The molecule has 7 nitrogen and oxygen atoms in total. The Morgan fingerprint density at radius 3 is 2.42 bits per heavy atom. The number of rotatable bonds is 9. The number of amides is 1. The minimum absolute atomic E-state index is 0.189. The summed E-state index contributed by atoms with van der Waals surface area (Å²) in [7, 11) is 0. The molecule has 0 saturated carbocycles. The Hall–Kier alpha value is -1.85. The topological polar surface area (TPSA) is 72.3 Å². The first-order valence-electron chi connectivity index (χ1n) is 10.1. The van der Waals surface area contributed by atoms with Crippen LogP contribution in [0, 0.1) is 5.92 Å². The molecular weight excluding hydrogens is 444 g/mol. The molecule has 1 fully saturated rings. The van der Waals surface area contributed by atoms with Crippen molar-refractivity contribution in [3.63, 3.8) is 0 Å². The fourth-order valence-corrected chi connectivity index (χ4v) is 4.42. The molecule has 1 N–H and O–H groups in total. The van der Waals surface area contributed by atoms with Crippen LogP contribution in [0.2, 0.25) is 0 Å². The first-order chi connectivity index (χ1) is 14.8. The number of carbonyl (C=O) groups excluding carboxylic acids is 1. The zero-order chi connectivity index (χ0) is 22.4. The molecule has 1 saturated heterocycles.